The summed E-state index contributed by atoms with van der Waals surface area (Å²) in [4.78, 5) is 12.4. The summed E-state index contributed by atoms with van der Waals surface area (Å²) in [6, 6.07) is 14.2. The summed E-state index contributed by atoms with van der Waals surface area (Å²) in [6.07, 6.45) is 2.48. The molecule has 1 amide bonds. The van der Waals surface area contributed by atoms with Crippen LogP contribution in [0.3, 0.4) is 0 Å². The summed E-state index contributed by atoms with van der Waals surface area (Å²) >= 11 is 0. The number of rotatable bonds is 7. The smallest absolute Gasteiger partial charge is 0.243 e. The van der Waals surface area contributed by atoms with Crippen molar-refractivity contribution in [3.05, 3.63) is 59.2 Å². The quantitative estimate of drug-likeness (QED) is 0.549. The zero-order valence-corrected chi connectivity index (χ0v) is 17.9. The minimum Gasteiger partial charge on any atom is -0.493 e. The number of carbonyl (C=O) groups is 1. The summed E-state index contributed by atoms with van der Waals surface area (Å²) in [5, 5.41) is 4.11. The van der Waals surface area contributed by atoms with E-state index in [0.717, 1.165) is 12.0 Å². The molecule has 1 aliphatic carbocycles. The second-order valence-electron chi connectivity index (χ2n) is 8.40. The zero-order valence-electron chi connectivity index (χ0n) is 17.9. The first kappa shape index (κ1) is 20.9. The molecule has 0 unspecified atom stereocenters. The van der Waals surface area contributed by atoms with E-state index in [0.29, 0.717) is 18.1 Å². The summed E-state index contributed by atoms with van der Waals surface area (Å²) in [7, 11) is 1.60. The Balaban J connectivity index is 1.55. The number of methoxy groups -OCH3 is 1. The number of nitrogens with zero attached hydrogens (tertiary/aromatic N) is 1. The summed E-state index contributed by atoms with van der Waals surface area (Å²) in [5.41, 5.74) is 6.15. The number of hydrogen-bond acceptors (Lipinski definition) is 4. The van der Waals surface area contributed by atoms with Crippen molar-refractivity contribution in [2.75, 3.05) is 13.7 Å². The Kier molecular flexibility index (Phi) is 6.26. The average Bonchev–Trinajstić information content (AvgIpc) is 3.49. The van der Waals surface area contributed by atoms with Crippen LogP contribution in [0.25, 0.3) is 0 Å². The topological polar surface area (TPSA) is 59.9 Å². The molecule has 0 saturated heterocycles. The lowest BCUT2D eigenvalue weighted by Crippen LogP contribution is -2.20. The number of hydrogen-bond donors (Lipinski definition) is 1. The minimum absolute atomic E-state index is 0.0116. The Morgan fingerprint density at radius 1 is 1.17 bits per heavy atom. The van der Waals surface area contributed by atoms with E-state index >= 15 is 0 Å². The lowest BCUT2D eigenvalue weighted by atomic mass is 9.86. The molecule has 154 valence electrons. The van der Waals surface area contributed by atoms with Gasteiger partial charge in [-0.25, -0.2) is 5.43 Å². The van der Waals surface area contributed by atoms with Crippen molar-refractivity contribution >= 4 is 12.1 Å². The summed E-state index contributed by atoms with van der Waals surface area (Å²) in [5.74, 6) is 1.56. The van der Waals surface area contributed by atoms with Gasteiger partial charge in [0.2, 0.25) is 5.91 Å². The van der Waals surface area contributed by atoms with Crippen molar-refractivity contribution in [3.63, 3.8) is 0 Å². The molecule has 0 radical (unpaired) electrons. The standard InChI is InChI=1S/C24H30N2O3/c1-6-29-21-12-7-16(13-22(21)28-5)15-25-26-23(27)20-14-19(20)17-8-10-18(11-9-17)24(2,3)4/h7-13,15,19-20H,6,14H2,1-5H3,(H,26,27)/b25-15-/t19-,20+/m0/s1. The molecule has 2 atom stereocenters. The van der Waals surface area contributed by atoms with Crippen LogP contribution in [0, 0.1) is 5.92 Å². The molecule has 1 N–H and O–H groups in total. The highest BCUT2D eigenvalue weighted by molar-refractivity contribution is 5.86. The van der Waals surface area contributed by atoms with Crippen LogP contribution in [0.1, 0.15) is 56.7 Å². The van der Waals surface area contributed by atoms with E-state index in [1.807, 2.05) is 25.1 Å². The average molecular weight is 395 g/mol. The molecule has 29 heavy (non-hydrogen) atoms. The van der Waals surface area contributed by atoms with Gasteiger partial charge in [-0.2, -0.15) is 5.10 Å². The molecule has 0 heterocycles. The van der Waals surface area contributed by atoms with Crippen molar-refractivity contribution in [3.8, 4) is 11.5 Å². The van der Waals surface area contributed by atoms with Gasteiger partial charge in [0.1, 0.15) is 0 Å². The van der Waals surface area contributed by atoms with Crippen LogP contribution in [0.4, 0.5) is 0 Å². The summed E-state index contributed by atoms with van der Waals surface area (Å²) < 4.78 is 10.8. The van der Waals surface area contributed by atoms with E-state index in [1.54, 1.807) is 13.3 Å². The molecule has 2 aromatic carbocycles. The van der Waals surface area contributed by atoms with Crippen molar-refractivity contribution in [1.82, 2.24) is 5.43 Å². The van der Waals surface area contributed by atoms with Gasteiger partial charge in [0.25, 0.3) is 0 Å². The number of ether oxygens (including phenoxy) is 2. The van der Waals surface area contributed by atoms with Gasteiger partial charge in [-0.3, -0.25) is 4.79 Å². The number of hydrazone groups is 1. The minimum atomic E-state index is -0.0379. The monoisotopic (exact) mass is 394 g/mol. The van der Waals surface area contributed by atoms with Gasteiger partial charge < -0.3 is 9.47 Å². The maximum absolute atomic E-state index is 12.4. The van der Waals surface area contributed by atoms with E-state index in [1.165, 1.54) is 11.1 Å². The van der Waals surface area contributed by atoms with E-state index in [2.05, 4.69) is 55.6 Å². The Morgan fingerprint density at radius 3 is 2.52 bits per heavy atom. The van der Waals surface area contributed by atoms with Gasteiger partial charge >= 0.3 is 0 Å². The normalized spacial score (nSPS) is 18.5. The molecule has 5 nitrogen and oxygen atoms in total. The fourth-order valence-corrected chi connectivity index (χ4v) is 3.38. The van der Waals surface area contributed by atoms with Gasteiger partial charge in [-0.1, -0.05) is 45.0 Å². The highest BCUT2D eigenvalue weighted by Gasteiger charge is 2.44. The van der Waals surface area contributed by atoms with Crippen LogP contribution in [0.15, 0.2) is 47.6 Å². The fraction of sp³-hybridized carbons (Fsp3) is 0.417. The van der Waals surface area contributed by atoms with Gasteiger partial charge in [-0.05, 0) is 59.6 Å². The maximum Gasteiger partial charge on any atom is 0.243 e. The molecular weight excluding hydrogens is 364 g/mol. The van der Waals surface area contributed by atoms with Gasteiger partial charge in [0.05, 0.1) is 19.9 Å². The van der Waals surface area contributed by atoms with Gasteiger partial charge in [0.15, 0.2) is 11.5 Å². The number of amides is 1. The molecular formula is C24H30N2O3. The van der Waals surface area contributed by atoms with Crippen LogP contribution in [0.5, 0.6) is 11.5 Å². The molecule has 0 spiro atoms. The molecule has 0 bridgehead atoms. The largest absolute Gasteiger partial charge is 0.493 e. The Labute approximate surface area is 173 Å². The fourth-order valence-electron chi connectivity index (χ4n) is 3.38. The first-order valence-corrected chi connectivity index (χ1v) is 10.1. The predicted molar refractivity (Wildman–Crippen MR) is 116 cm³/mol. The van der Waals surface area contributed by atoms with E-state index in [4.69, 9.17) is 9.47 Å². The van der Waals surface area contributed by atoms with E-state index in [9.17, 15) is 4.79 Å². The molecule has 1 aliphatic rings. The number of benzene rings is 2. The first-order valence-electron chi connectivity index (χ1n) is 10.1. The van der Waals surface area contributed by atoms with Crippen molar-refractivity contribution < 1.29 is 14.3 Å². The Morgan fingerprint density at radius 2 is 1.90 bits per heavy atom. The van der Waals surface area contributed by atoms with Crippen LogP contribution in [0.2, 0.25) is 0 Å². The summed E-state index contributed by atoms with van der Waals surface area (Å²) in [6.45, 7) is 9.10. The van der Waals surface area contributed by atoms with E-state index in [-0.39, 0.29) is 23.2 Å². The molecule has 5 heteroatoms. The van der Waals surface area contributed by atoms with Crippen molar-refractivity contribution in [1.29, 1.82) is 0 Å². The molecule has 3 rings (SSSR count). The van der Waals surface area contributed by atoms with Crippen LogP contribution >= 0.6 is 0 Å². The zero-order chi connectivity index (χ0) is 21.0. The second-order valence-corrected chi connectivity index (χ2v) is 8.40. The van der Waals surface area contributed by atoms with E-state index < -0.39 is 0 Å². The second kappa shape index (κ2) is 8.68. The number of nitrogens with one attached hydrogen (secondary N) is 1. The van der Waals surface area contributed by atoms with Gasteiger partial charge in [-0.15, -0.1) is 0 Å². The molecule has 1 saturated carbocycles. The van der Waals surface area contributed by atoms with Crippen molar-refractivity contribution in [2.45, 2.75) is 45.4 Å². The lowest BCUT2D eigenvalue weighted by Gasteiger charge is -2.19. The van der Waals surface area contributed by atoms with Crippen LogP contribution < -0.4 is 14.9 Å². The van der Waals surface area contributed by atoms with Gasteiger partial charge in [0, 0.05) is 5.92 Å². The third-order valence-corrected chi connectivity index (χ3v) is 5.21. The molecule has 0 aromatic heterocycles. The molecule has 0 aliphatic heterocycles. The molecule has 2 aromatic rings. The van der Waals surface area contributed by atoms with Crippen LogP contribution in [-0.4, -0.2) is 25.8 Å². The SMILES string of the molecule is CCOc1ccc(/C=N\NC(=O)[C@@H]2C[C@H]2c2ccc(C(C)(C)C)cc2)cc1OC. The maximum atomic E-state index is 12.4. The predicted octanol–water partition coefficient (Wildman–Crippen LogP) is 4.65. The van der Waals surface area contributed by atoms with Crippen molar-refractivity contribution in [2.24, 2.45) is 11.0 Å². The third kappa shape index (κ3) is 5.17. The lowest BCUT2D eigenvalue weighted by molar-refractivity contribution is -0.122. The highest BCUT2D eigenvalue weighted by atomic mass is 16.5. The third-order valence-electron chi connectivity index (χ3n) is 5.21. The molecule has 1 fully saturated rings. The Bertz CT molecular complexity index is 882. The highest BCUT2D eigenvalue weighted by Crippen LogP contribution is 2.47. The number of carbonyl (C=O) groups excluding carboxylic acids is 1. The Hall–Kier alpha value is -2.82. The van der Waals surface area contributed by atoms with Crippen LogP contribution in [-0.2, 0) is 10.2 Å². The first-order chi connectivity index (χ1) is 13.8.